The molecule has 1 aromatic heterocycles. The molecule has 0 unspecified atom stereocenters. The zero-order valence-electron chi connectivity index (χ0n) is 16.7. The molecule has 0 saturated heterocycles. The lowest BCUT2D eigenvalue weighted by Gasteiger charge is -2.10. The Balaban J connectivity index is 1.70. The minimum Gasteiger partial charge on any atom is -0.493 e. The van der Waals surface area contributed by atoms with E-state index >= 15 is 0 Å². The van der Waals surface area contributed by atoms with Crippen LogP contribution in [0.4, 0.5) is 0 Å². The molecule has 2 N–H and O–H groups in total. The van der Waals surface area contributed by atoms with Crippen LogP contribution in [0.5, 0.6) is 11.5 Å². The second-order valence-electron chi connectivity index (χ2n) is 6.57. The summed E-state index contributed by atoms with van der Waals surface area (Å²) in [6.45, 7) is 2.33. The summed E-state index contributed by atoms with van der Waals surface area (Å²) in [5.41, 5.74) is 3.81. The first kappa shape index (κ1) is 20.0. The van der Waals surface area contributed by atoms with Gasteiger partial charge >= 0.3 is 0 Å². The van der Waals surface area contributed by atoms with Gasteiger partial charge in [-0.2, -0.15) is 5.26 Å². The Morgan fingerprint density at radius 3 is 2.66 bits per heavy atom. The fourth-order valence-electron chi connectivity index (χ4n) is 3.23. The number of carbonyl (C=O) groups excluding carboxylic acids is 1. The van der Waals surface area contributed by atoms with E-state index in [1.165, 1.54) is 0 Å². The van der Waals surface area contributed by atoms with E-state index in [9.17, 15) is 10.1 Å². The van der Waals surface area contributed by atoms with Gasteiger partial charge in [0.2, 0.25) is 0 Å². The molecule has 0 saturated carbocycles. The summed E-state index contributed by atoms with van der Waals surface area (Å²) in [4.78, 5) is 15.8. The number of hydrogen-bond donors (Lipinski definition) is 2. The van der Waals surface area contributed by atoms with Gasteiger partial charge in [0, 0.05) is 28.7 Å². The van der Waals surface area contributed by atoms with Crippen molar-refractivity contribution in [2.75, 3.05) is 20.8 Å². The molecule has 0 radical (unpaired) electrons. The Morgan fingerprint density at radius 1 is 1.17 bits per heavy atom. The Morgan fingerprint density at radius 2 is 1.93 bits per heavy atom. The minimum atomic E-state index is -0.391. The van der Waals surface area contributed by atoms with Crippen LogP contribution in [0.15, 0.2) is 48.0 Å². The monoisotopic (exact) mass is 389 g/mol. The third-order valence-corrected chi connectivity index (χ3v) is 4.74. The first-order valence-corrected chi connectivity index (χ1v) is 9.25. The van der Waals surface area contributed by atoms with E-state index in [0.717, 1.165) is 27.7 Å². The SMILES string of the molecule is COc1ccc(CCNC(=O)C(C#N)=Cc2c(C)[nH]c3ccccc23)cc1OC. The molecule has 2 aromatic carbocycles. The lowest BCUT2D eigenvalue weighted by molar-refractivity contribution is -0.117. The van der Waals surface area contributed by atoms with E-state index < -0.39 is 5.91 Å². The molecule has 1 heterocycles. The highest BCUT2D eigenvalue weighted by atomic mass is 16.5. The zero-order valence-corrected chi connectivity index (χ0v) is 16.7. The summed E-state index contributed by atoms with van der Waals surface area (Å²) in [7, 11) is 3.17. The van der Waals surface area contributed by atoms with Crippen LogP contribution in [-0.2, 0) is 11.2 Å². The molecule has 0 bridgehead atoms. The number of aromatic nitrogens is 1. The minimum absolute atomic E-state index is 0.0742. The molecule has 3 aromatic rings. The number of nitrogens with zero attached hydrogens (tertiary/aromatic N) is 1. The van der Waals surface area contributed by atoms with Gasteiger partial charge in [-0.3, -0.25) is 4.79 Å². The highest BCUT2D eigenvalue weighted by Crippen LogP contribution is 2.27. The second kappa shape index (κ2) is 8.98. The first-order chi connectivity index (χ1) is 14.1. The van der Waals surface area contributed by atoms with Gasteiger partial charge in [-0.25, -0.2) is 0 Å². The third kappa shape index (κ3) is 4.41. The van der Waals surface area contributed by atoms with E-state index in [4.69, 9.17) is 9.47 Å². The van der Waals surface area contributed by atoms with Gasteiger partial charge in [0.15, 0.2) is 11.5 Å². The van der Waals surface area contributed by atoms with Gasteiger partial charge in [-0.05, 0) is 43.2 Å². The van der Waals surface area contributed by atoms with Crippen LogP contribution in [-0.4, -0.2) is 31.7 Å². The van der Waals surface area contributed by atoms with E-state index in [0.29, 0.717) is 24.5 Å². The summed E-state index contributed by atoms with van der Waals surface area (Å²) in [6.07, 6.45) is 2.25. The topological polar surface area (TPSA) is 87.1 Å². The first-order valence-electron chi connectivity index (χ1n) is 9.25. The molecule has 1 amide bonds. The van der Waals surface area contributed by atoms with E-state index in [2.05, 4.69) is 10.3 Å². The Hall–Kier alpha value is -3.72. The lowest BCUT2D eigenvalue weighted by Crippen LogP contribution is -2.26. The van der Waals surface area contributed by atoms with Crippen molar-refractivity contribution in [3.8, 4) is 17.6 Å². The number of fused-ring (bicyclic) bond motifs is 1. The number of aromatic amines is 1. The zero-order chi connectivity index (χ0) is 20.8. The maximum Gasteiger partial charge on any atom is 0.261 e. The van der Waals surface area contributed by atoms with E-state index in [1.54, 1.807) is 20.3 Å². The molecule has 148 valence electrons. The largest absolute Gasteiger partial charge is 0.493 e. The van der Waals surface area contributed by atoms with Crippen molar-refractivity contribution in [1.29, 1.82) is 5.26 Å². The van der Waals surface area contributed by atoms with Crippen molar-refractivity contribution < 1.29 is 14.3 Å². The molecule has 3 rings (SSSR count). The smallest absolute Gasteiger partial charge is 0.261 e. The third-order valence-electron chi connectivity index (χ3n) is 4.74. The van der Waals surface area contributed by atoms with Gasteiger partial charge in [0.05, 0.1) is 14.2 Å². The highest BCUT2D eigenvalue weighted by Gasteiger charge is 2.12. The number of methoxy groups -OCH3 is 2. The molecule has 0 aliphatic rings. The van der Waals surface area contributed by atoms with Crippen LogP contribution >= 0.6 is 0 Å². The van der Waals surface area contributed by atoms with Gasteiger partial charge in [-0.1, -0.05) is 24.3 Å². The van der Waals surface area contributed by atoms with E-state index in [-0.39, 0.29) is 5.57 Å². The van der Waals surface area contributed by atoms with Gasteiger partial charge in [0.25, 0.3) is 5.91 Å². The van der Waals surface area contributed by atoms with Crippen LogP contribution in [0.3, 0.4) is 0 Å². The Bertz CT molecular complexity index is 1110. The summed E-state index contributed by atoms with van der Waals surface area (Å²) in [5.74, 6) is 0.908. The molecule has 6 heteroatoms. The molecule has 0 aliphatic heterocycles. The number of carbonyl (C=O) groups is 1. The average molecular weight is 389 g/mol. The molecule has 0 aliphatic carbocycles. The second-order valence-corrected chi connectivity index (χ2v) is 6.57. The van der Waals surface area contributed by atoms with Gasteiger partial charge < -0.3 is 19.8 Å². The molecular weight excluding hydrogens is 366 g/mol. The maximum absolute atomic E-state index is 12.5. The molecule has 29 heavy (non-hydrogen) atoms. The van der Waals surface area contributed by atoms with Crippen LogP contribution in [0.2, 0.25) is 0 Å². The number of aryl methyl sites for hydroxylation is 1. The van der Waals surface area contributed by atoms with Crippen molar-refractivity contribution in [3.63, 3.8) is 0 Å². The Kier molecular flexibility index (Phi) is 6.20. The average Bonchev–Trinajstić information content (AvgIpc) is 3.06. The maximum atomic E-state index is 12.5. The molecule has 6 nitrogen and oxygen atoms in total. The lowest BCUT2D eigenvalue weighted by atomic mass is 10.1. The number of amides is 1. The quantitative estimate of drug-likeness (QED) is 0.476. The standard InChI is InChI=1S/C23H23N3O3/c1-15-19(18-6-4-5-7-20(18)26-15)13-17(14-24)23(27)25-11-10-16-8-9-21(28-2)22(12-16)29-3/h4-9,12-13,26H,10-11H2,1-3H3,(H,25,27). The van der Waals surface area contributed by atoms with Crippen LogP contribution in [0.25, 0.3) is 17.0 Å². The molecule has 0 fully saturated rings. The fraction of sp³-hybridized carbons (Fsp3) is 0.217. The van der Waals surface area contributed by atoms with E-state index in [1.807, 2.05) is 55.5 Å². The number of nitrogens with one attached hydrogen (secondary N) is 2. The summed E-state index contributed by atoms with van der Waals surface area (Å²) < 4.78 is 10.5. The van der Waals surface area contributed by atoms with Gasteiger partial charge in [-0.15, -0.1) is 0 Å². The van der Waals surface area contributed by atoms with Crippen molar-refractivity contribution in [1.82, 2.24) is 10.3 Å². The fourth-order valence-corrected chi connectivity index (χ4v) is 3.23. The van der Waals surface area contributed by atoms with Crippen molar-refractivity contribution in [2.24, 2.45) is 0 Å². The van der Waals surface area contributed by atoms with Crippen LogP contribution in [0, 0.1) is 18.3 Å². The van der Waals surface area contributed by atoms with Crippen LogP contribution in [0.1, 0.15) is 16.8 Å². The normalized spacial score (nSPS) is 11.2. The van der Waals surface area contributed by atoms with Crippen molar-refractivity contribution >= 4 is 22.9 Å². The predicted octanol–water partition coefficient (Wildman–Crippen LogP) is 3.76. The van der Waals surface area contributed by atoms with Gasteiger partial charge in [0.1, 0.15) is 11.6 Å². The van der Waals surface area contributed by atoms with Crippen molar-refractivity contribution in [3.05, 3.63) is 64.9 Å². The molecular formula is C23H23N3O3. The number of para-hydroxylation sites is 1. The number of hydrogen-bond acceptors (Lipinski definition) is 4. The number of nitriles is 1. The molecule has 0 atom stereocenters. The number of rotatable bonds is 7. The summed E-state index contributed by atoms with van der Waals surface area (Å²) >= 11 is 0. The Labute approximate surface area is 169 Å². The van der Waals surface area contributed by atoms with Crippen LogP contribution < -0.4 is 14.8 Å². The number of benzene rings is 2. The molecule has 0 spiro atoms. The number of H-pyrrole nitrogens is 1. The predicted molar refractivity (Wildman–Crippen MR) is 113 cm³/mol. The summed E-state index contributed by atoms with van der Waals surface area (Å²) in [5, 5.41) is 13.3. The number of ether oxygens (including phenoxy) is 2. The summed E-state index contributed by atoms with van der Waals surface area (Å²) in [6, 6.07) is 15.4. The highest BCUT2D eigenvalue weighted by molar-refractivity contribution is 6.04. The van der Waals surface area contributed by atoms with Crippen molar-refractivity contribution in [2.45, 2.75) is 13.3 Å².